The van der Waals surface area contributed by atoms with E-state index in [9.17, 15) is 29.4 Å². The van der Waals surface area contributed by atoms with Gasteiger partial charge in [-0.25, -0.2) is 9.78 Å². The third kappa shape index (κ3) is 11.8. The van der Waals surface area contributed by atoms with Gasteiger partial charge in [-0.2, -0.15) is 0 Å². The number of phenolic OH excluding ortho intramolecular Hbond substituents is 1. The average molecular weight is 836 g/mol. The molecule has 1 aromatic heterocycles. The van der Waals surface area contributed by atoms with E-state index < -0.39 is 53.4 Å². The number of carboxylic acids is 1. The number of nitrogens with two attached hydrogens (primary N) is 1. The fourth-order valence-corrected chi connectivity index (χ4v) is 7.60. The van der Waals surface area contributed by atoms with Gasteiger partial charge in [0, 0.05) is 25.5 Å². The Morgan fingerprint density at radius 2 is 1.05 bits per heavy atom. The van der Waals surface area contributed by atoms with E-state index in [-0.39, 0.29) is 31.4 Å². The number of unbranched alkanes of at least 4 members (excludes halogenated alkanes) is 1. The van der Waals surface area contributed by atoms with Gasteiger partial charge in [0.15, 0.2) is 0 Å². The van der Waals surface area contributed by atoms with E-state index in [4.69, 9.17) is 5.73 Å². The van der Waals surface area contributed by atoms with Gasteiger partial charge in [-0.05, 0) is 65.8 Å². The molecule has 1 heterocycles. The minimum atomic E-state index is -1.34. The first-order valence-electron chi connectivity index (χ1n) is 20.7. The highest BCUT2D eigenvalue weighted by Gasteiger charge is 2.41. The molecule has 4 atom stereocenters. The van der Waals surface area contributed by atoms with Gasteiger partial charge in [-0.1, -0.05) is 133 Å². The van der Waals surface area contributed by atoms with Crippen molar-refractivity contribution >= 4 is 23.7 Å². The van der Waals surface area contributed by atoms with Crippen LogP contribution in [0, 0.1) is 0 Å². The van der Waals surface area contributed by atoms with Crippen LogP contribution < -0.4 is 27.0 Å². The number of benzene rings is 5. The van der Waals surface area contributed by atoms with Crippen LogP contribution in [0.2, 0.25) is 0 Å². The normalized spacial score (nSPS) is 13.2. The first-order chi connectivity index (χ1) is 30.2. The van der Waals surface area contributed by atoms with E-state index >= 15 is 0 Å². The minimum Gasteiger partial charge on any atom is -0.508 e. The highest BCUT2D eigenvalue weighted by molar-refractivity contribution is 5.94. The summed E-state index contributed by atoms with van der Waals surface area (Å²) in [5, 5.41) is 32.1. The van der Waals surface area contributed by atoms with E-state index in [1.807, 2.05) is 109 Å². The zero-order chi connectivity index (χ0) is 43.7. The van der Waals surface area contributed by atoms with Crippen molar-refractivity contribution in [2.24, 2.45) is 5.73 Å². The summed E-state index contributed by atoms with van der Waals surface area (Å²) in [6.45, 7) is 0.371. The van der Waals surface area contributed by atoms with E-state index in [0.29, 0.717) is 30.6 Å². The van der Waals surface area contributed by atoms with E-state index in [0.717, 1.165) is 22.3 Å². The number of aromatic nitrogens is 2. The van der Waals surface area contributed by atoms with Crippen LogP contribution in [0.3, 0.4) is 0 Å². The Balaban J connectivity index is 1.32. The molecular weight excluding hydrogens is 783 g/mol. The topological polar surface area (TPSA) is 212 Å². The third-order valence-corrected chi connectivity index (χ3v) is 10.8. The fraction of sp³-hybridized carbons (Fsp3) is 0.245. The Morgan fingerprint density at radius 3 is 1.56 bits per heavy atom. The van der Waals surface area contributed by atoms with Crippen molar-refractivity contribution in [1.29, 1.82) is 0 Å². The van der Waals surface area contributed by atoms with Gasteiger partial charge < -0.3 is 36.9 Å². The van der Waals surface area contributed by atoms with Crippen LogP contribution in [0.25, 0.3) is 0 Å². The standard InChI is InChI=1S/C49H53N7O6/c50-28-14-13-23-41(45(58)54-42(29-34-15-5-1-6-16-34)46(59)55-44(48(61)62)30-35-24-26-40(57)27-25-35)53-47(60)43(31-39-32-51-33-52-39)56-49(36-17-7-2-8-18-36,37-19-9-3-10-20-37)38-21-11-4-12-22-38/h1-12,15-22,24-27,32-33,41-44,56-57H,13-14,23,28-31,50H2,(H,51,52)(H,53,60)(H,54,58)(H,55,59)(H,61,62)/t41-,42+,43-,44-/m0/s1. The molecule has 0 aliphatic rings. The number of amides is 3. The Kier molecular flexibility index (Phi) is 15.7. The summed E-state index contributed by atoms with van der Waals surface area (Å²) in [6.07, 6.45) is 4.69. The maximum Gasteiger partial charge on any atom is 0.326 e. The Bertz CT molecular complexity index is 2220. The van der Waals surface area contributed by atoms with Crippen LogP contribution in [-0.4, -0.2) is 74.6 Å². The van der Waals surface area contributed by atoms with Gasteiger partial charge in [0.2, 0.25) is 17.7 Å². The second kappa shape index (κ2) is 22.0. The lowest BCUT2D eigenvalue weighted by Crippen LogP contribution is -2.60. The zero-order valence-electron chi connectivity index (χ0n) is 34.3. The summed E-state index contributed by atoms with van der Waals surface area (Å²) in [6, 6.07) is 40.1. The molecule has 6 aromatic rings. The summed E-state index contributed by atoms with van der Waals surface area (Å²) in [7, 11) is 0. The third-order valence-electron chi connectivity index (χ3n) is 10.8. The van der Waals surface area contributed by atoms with Crippen molar-refractivity contribution in [2.45, 2.75) is 68.2 Å². The molecule has 3 amide bonds. The monoisotopic (exact) mass is 835 g/mol. The molecule has 0 fully saturated rings. The number of carbonyl (C=O) groups excluding carboxylic acids is 3. The number of aromatic hydroxyl groups is 1. The molecular formula is C49H53N7O6. The van der Waals surface area contributed by atoms with Crippen molar-refractivity contribution in [2.75, 3.05) is 6.54 Å². The number of carbonyl (C=O) groups is 4. The number of nitrogens with zero attached hydrogens (tertiary/aromatic N) is 1. The lowest BCUT2D eigenvalue weighted by molar-refractivity contribution is -0.142. The molecule has 320 valence electrons. The number of imidazole rings is 1. The number of hydrogen-bond donors (Lipinski definition) is 8. The molecule has 13 heteroatoms. The number of nitrogens with one attached hydrogen (secondary N) is 5. The molecule has 5 aromatic carbocycles. The molecule has 6 rings (SSSR count). The molecule has 0 unspecified atom stereocenters. The number of hydrogen-bond acceptors (Lipinski definition) is 8. The van der Waals surface area contributed by atoms with Gasteiger partial charge in [0.05, 0.1) is 23.6 Å². The van der Waals surface area contributed by atoms with Crippen LogP contribution >= 0.6 is 0 Å². The number of aliphatic carboxylic acids is 1. The molecule has 0 aliphatic heterocycles. The minimum absolute atomic E-state index is 0.0227. The van der Waals surface area contributed by atoms with Crippen LogP contribution in [-0.2, 0) is 44.0 Å². The summed E-state index contributed by atoms with van der Waals surface area (Å²) in [4.78, 5) is 63.3. The molecule has 0 saturated carbocycles. The summed E-state index contributed by atoms with van der Waals surface area (Å²) in [5.74, 6) is -3.05. The van der Waals surface area contributed by atoms with Crippen molar-refractivity contribution < 1.29 is 29.4 Å². The van der Waals surface area contributed by atoms with Crippen LogP contribution in [0.5, 0.6) is 5.75 Å². The van der Waals surface area contributed by atoms with Crippen molar-refractivity contribution in [3.05, 3.63) is 192 Å². The Labute approximate surface area is 361 Å². The van der Waals surface area contributed by atoms with E-state index in [1.54, 1.807) is 36.8 Å². The maximum absolute atomic E-state index is 14.9. The fourth-order valence-electron chi connectivity index (χ4n) is 7.60. The van der Waals surface area contributed by atoms with Crippen molar-refractivity contribution in [3.8, 4) is 5.75 Å². The first-order valence-corrected chi connectivity index (χ1v) is 20.7. The van der Waals surface area contributed by atoms with Crippen molar-refractivity contribution in [3.63, 3.8) is 0 Å². The second-order valence-corrected chi connectivity index (χ2v) is 15.2. The molecule has 0 bridgehead atoms. The van der Waals surface area contributed by atoms with Gasteiger partial charge in [0.1, 0.15) is 23.9 Å². The maximum atomic E-state index is 14.9. The summed E-state index contributed by atoms with van der Waals surface area (Å²) < 4.78 is 0. The molecule has 0 spiro atoms. The summed E-state index contributed by atoms with van der Waals surface area (Å²) >= 11 is 0. The Hall–Kier alpha value is -7.09. The predicted molar refractivity (Wildman–Crippen MR) is 237 cm³/mol. The smallest absolute Gasteiger partial charge is 0.326 e. The second-order valence-electron chi connectivity index (χ2n) is 15.2. The number of rotatable bonds is 22. The van der Waals surface area contributed by atoms with Gasteiger partial charge in [0.25, 0.3) is 0 Å². The quantitative estimate of drug-likeness (QED) is 0.0350. The number of aromatic amines is 1. The molecule has 0 saturated heterocycles. The first kappa shape index (κ1) is 44.5. The van der Waals surface area contributed by atoms with Crippen LogP contribution in [0.1, 0.15) is 52.8 Å². The highest BCUT2D eigenvalue weighted by Crippen LogP contribution is 2.37. The lowest BCUT2D eigenvalue weighted by Gasteiger charge is -2.40. The van der Waals surface area contributed by atoms with Gasteiger partial charge in [-0.15, -0.1) is 0 Å². The largest absolute Gasteiger partial charge is 0.508 e. The van der Waals surface area contributed by atoms with E-state index in [1.165, 1.54) is 12.1 Å². The van der Waals surface area contributed by atoms with E-state index in [2.05, 4.69) is 31.2 Å². The summed E-state index contributed by atoms with van der Waals surface area (Å²) in [5.41, 5.74) is 9.40. The molecule has 0 aliphatic carbocycles. The molecule has 9 N–H and O–H groups in total. The number of phenols is 1. The molecule has 62 heavy (non-hydrogen) atoms. The molecule has 13 nitrogen and oxygen atoms in total. The van der Waals surface area contributed by atoms with Gasteiger partial charge in [-0.3, -0.25) is 19.7 Å². The van der Waals surface area contributed by atoms with Crippen LogP contribution in [0.15, 0.2) is 158 Å². The Morgan fingerprint density at radius 1 is 0.581 bits per heavy atom. The lowest BCUT2D eigenvalue weighted by atomic mass is 9.76. The zero-order valence-corrected chi connectivity index (χ0v) is 34.3. The number of H-pyrrole nitrogens is 1. The highest BCUT2D eigenvalue weighted by atomic mass is 16.4. The van der Waals surface area contributed by atoms with Crippen LogP contribution in [0.4, 0.5) is 0 Å². The van der Waals surface area contributed by atoms with Crippen molar-refractivity contribution in [1.82, 2.24) is 31.2 Å². The SMILES string of the molecule is NCCCC[C@H](NC(=O)[C@H](Cc1c[nH]cn1)NC(c1ccccc1)(c1ccccc1)c1ccccc1)C(=O)N[C@H](Cc1ccccc1)C(=O)N[C@@H](Cc1ccc(O)cc1)C(=O)O. The number of carboxylic acid groups (broad SMARTS) is 1. The van der Waals surface area contributed by atoms with Gasteiger partial charge >= 0.3 is 5.97 Å². The average Bonchev–Trinajstić information content (AvgIpc) is 3.82. The predicted octanol–water partition coefficient (Wildman–Crippen LogP) is 4.76. The molecule has 0 radical (unpaired) electrons.